The molecule has 0 unspecified atom stereocenters. The van der Waals surface area contributed by atoms with E-state index >= 15 is 0 Å². The summed E-state index contributed by atoms with van der Waals surface area (Å²) in [6.45, 7) is 6.62. The number of hydrogen-bond donors (Lipinski definition) is 2. The van der Waals surface area contributed by atoms with Gasteiger partial charge in [0.1, 0.15) is 0 Å². The lowest BCUT2D eigenvalue weighted by molar-refractivity contribution is 0.198. The van der Waals surface area contributed by atoms with Gasteiger partial charge in [-0.1, -0.05) is 6.07 Å². The van der Waals surface area contributed by atoms with E-state index in [0.717, 1.165) is 63.5 Å². The molecule has 1 aromatic carbocycles. The Morgan fingerprint density at radius 2 is 2.11 bits per heavy atom. The van der Waals surface area contributed by atoms with Crippen molar-refractivity contribution in [1.29, 1.82) is 0 Å². The number of likely N-dealkylation sites (tertiary alicyclic amines) is 1. The standard InChI is InChI=1S/C21H35FN4OS/c1-4-23-21(24-11-5-6-14-28-3)25-18-9-12-26(13-10-18)16-17-7-8-20(27-2)19(22)15-17/h7-8,15,18H,4-6,9-14,16H2,1-3H3,(H2,23,24,25). The van der Waals surface area contributed by atoms with E-state index in [0.29, 0.717) is 11.8 Å². The molecule has 0 spiro atoms. The minimum atomic E-state index is -0.291. The van der Waals surface area contributed by atoms with Gasteiger partial charge >= 0.3 is 0 Å². The lowest BCUT2D eigenvalue weighted by atomic mass is 10.0. The fourth-order valence-corrected chi connectivity index (χ4v) is 3.86. The molecule has 1 aliphatic heterocycles. The zero-order chi connectivity index (χ0) is 20.2. The highest BCUT2D eigenvalue weighted by Gasteiger charge is 2.20. The third-order valence-electron chi connectivity index (χ3n) is 4.92. The largest absolute Gasteiger partial charge is 0.494 e. The van der Waals surface area contributed by atoms with Gasteiger partial charge in [0.15, 0.2) is 17.5 Å². The number of methoxy groups -OCH3 is 1. The monoisotopic (exact) mass is 410 g/mol. The average Bonchev–Trinajstić information content (AvgIpc) is 2.69. The molecule has 0 bridgehead atoms. The Bertz CT molecular complexity index is 606. The number of nitrogens with one attached hydrogen (secondary N) is 2. The Kier molecular flexibility index (Phi) is 10.5. The predicted octanol–water partition coefficient (Wildman–Crippen LogP) is 3.50. The van der Waals surface area contributed by atoms with Crippen LogP contribution in [0, 0.1) is 5.82 Å². The lowest BCUT2D eigenvalue weighted by Crippen LogP contribution is -2.48. The van der Waals surface area contributed by atoms with Crippen molar-refractivity contribution in [2.45, 2.75) is 45.2 Å². The van der Waals surface area contributed by atoms with Gasteiger partial charge in [-0.15, -0.1) is 0 Å². The fourth-order valence-electron chi connectivity index (χ4n) is 3.36. The fraction of sp³-hybridized carbons (Fsp3) is 0.667. The normalized spacial score (nSPS) is 16.2. The van der Waals surface area contributed by atoms with E-state index in [-0.39, 0.29) is 5.82 Å². The van der Waals surface area contributed by atoms with Gasteiger partial charge in [0.25, 0.3) is 0 Å². The molecule has 0 radical (unpaired) electrons. The van der Waals surface area contributed by atoms with Gasteiger partial charge in [-0.05, 0) is 62.3 Å². The number of rotatable bonds is 10. The van der Waals surface area contributed by atoms with Crippen LogP contribution in [-0.2, 0) is 6.54 Å². The first kappa shape index (κ1) is 22.8. The molecule has 1 fully saturated rings. The van der Waals surface area contributed by atoms with Crippen molar-refractivity contribution in [3.05, 3.63) is 29.6 Å². The highest BCUT2D eigenvalue weighted by Crippen LogP contribution is 2.20. The second-order valence-electron chi connectivity index (χ2n) is 7.12. The maximum absolute atomic E-state index is 13.9. The van der Waals surface area contributed by atoms with Crippen molar-refractivity contribution >= 4 is 17.7 Å². The molecule has 2 rings (SSSR count). The number of benzene rings is 1. The van der Waals surface area contributed by atoms with Gasteiger partial charge in [0.2, 0.25) is 0 Å². The van der Waals surface area contributed by atoms with E-state index in [1.807, 2.05) is 17.8 Å². The van der Waals surface area contributed by atoms with E-state index < -0.39 is 0 Å². The van der Waals surface area contributed by atoms with Crippen LogP contribution in [-0.4, -0.2) is 62.2 Å². The summed E-state index contributed by atoms with van der Waals surface area (Å²) in [4.78, 5) is 7.09. The molecule has 0 amide bonds. The van der Waals surface area contributed by atoms with Gasteiger partial charge in [-0.25, -0.2) is 4.39 Å². The van der Waals surface area contributed by atoms with Gasteiger partial charge in [-0.3, -0.25) is 9.89 Å². The summed E-state index contributed by atoms with van der Waals surface area (Å²) in [5.41, 5.74) is 0.991. The Morgan fingerprint density at radius 1 is 1.32 bits per heavy atom. The first-order valence-corrected chi connectivity index (χ1v) is 11.6. The molecule has 0 saturated carbocycles. The molecular weight excluding hydrogens is 375 g/mol. The summed E-state index contributed by atoms with van der Waals surface area (Å²) >= 11 is 1.89. The molecule has 0 atom stereocenters. The quantitative estimate of drug-likeness (QED) is 0.351. The van der Waals surface area contributed by atoms with Crippen molar-refractivity contribution in [3.63, 3.8) is 0 Å². The highest BCUT2D eigenvalue weighted by molar-refractivity contribution is 7.98. The average molecular weight is 411 g/mol. The van der Waals surface area contributed by atoms with Gasteiger partial charge in [-0.2, -0.15) is 11.8 Å². The molecule has 0 aromatic heterocycles. The summed E-state index contributed by atoms with van der Waals surface area (Å²) in [7, 11) is 1.49. The molecule has 0 aliphatic carbocycles. The summed E-state index contributed by atoms with van der Waals surface area (Å²) in [6, 6.07) is 5.67. The lowest BCUT2D eigenvalue weighted by Gasteiger charge is -2.33. The maximum Gasteiger partial charge on any atom is 0.191 e. The zero-order valence-electron chi connectivity index (χ0n) is 17.5. The first-order chi connectivity index (χ1) is 13.7. The Morgan fingerprint density at radius 3 is 2.75 bits per heavy atom. The third-order valence-corrected chi connectivity index (χ3v) is 5.62. The Balaban J connectivity index is 1.76. The minimum absolute atomic E-state index is 0.291. The van der Waals surface area contributed by atoms with Crippen molar-refractivity contribution in [2.75, 3.05) is 45.3 Å². The zero-order valence-corrected chi connectivity index (χ0v) is 18.3. The smallest absolute Gasteiger partial charge is 0.191 e. The number of aliphatic imine (C=N–C) groups is 1. The van der Waals surface area contributed by atoms with Crippen LogP contribution < -0.4 is 15.4 Å². The van der Waals surface area contributed by atoms with E-state index in [9.17, 15) is 4.39 Å². The topological polar surface area (TPSA) is 48.9 Å². The van der Waals surface area contributed by atoms with Crippen LogP contribution in [0.3, 0.4) is 0 Å². The van der Waals surface area contributed by atoms with Crippen molar-refractivity contribution in [1.82, 2.24) is 15.5 Å². The van der Waals surface area contributed by atoms with E-state index in [2.05, 4.69) is 28.7 Å². The summed E-state index contributed by atoms with van der Waals surface area (Å²) in [5, 5.41) is 6.94. The van der Waals surface area contributed by atoms with Crippen LogP contribution in [0.4, 0.5) is 4.39 Å². The van der Waals surface area contributed by atoms with Crippen molar-refractivity contribution in [3.8, 4) is 5.75 Å². The van der Waals surface area contributed by atoms with Crippen molar-refractivity contribution < 1.29 is 9.13 Å². The number of hydrogen-bond acceptors (Lipinski definition) is 4. The summed E-state index contributed by atoms with van der Waals surface area (Å²) in [6.07, 6.45) is 6.63. The molecule has 1 saturated heterocycles. The van der Waals surface area contributed by atoms with Crippen LogP contribution in [0.2, 0.25) is 0 Å². The van der Waals surface area contributed by atoms with Crippen LogP contribution in [0.1, 0.15) is 38.2 Å². The SMILES string of the molecule is CCNC(=NCCCCSC)NC1CCN(Cc2ccc(OC)c(F)c2)CC1. The molecular formula is C21H35FN4OS. The van der Waals surface area contributed by atoms with Crippen molar-refractivity contribution in [2.24, 2.45) is 4.99 Å². The molecule has 1 aliphatic rings. The second kappa shape index (κ2) is 12.9. The minimum Gasteiger partial charge on any atom is -0.494 e. The van der Waals surface area contributed by atoms with Gasteiger partial charge in [0, 0.05) is 38.8 Å². The molecule has 28 heavy (non-hydrogen) atoms. The number of halogens is 1. The molecule has 1 heterocycles. The van der Waals surface area contributed by atoms with Crippen LogP contribution >= 0.6 is 11.8 Å². The van der Waals surface area contributed by atoms with Gasteiger partial charge < -0.3 is 15.4 Å². The number of guanidine groups is 1. The number of nitrogens with zero attached hydrogens (tertiary/aromatic N) is 2. The van der Waals surface area contributed by atoms with Crippen LogP contribution in [0.15, 0.2) is 23.2 Å². The van der Waals surface area contributed by atoms with E-state index in [4.69, 9.17) is 9.73 Å². The number of ether oxygens (including phenoxy) is 1. The molecule has 1 aromatic rings. The van der Waals surface area contributed by atoms with Crippen LogP contribution in [0.25, 0.3) is 0 Å². The first-order valence-electron chi connectivity index (χ1n) is 10.2. The van der Waals surface area contributed by atoms with E-state index in [1.165, 1.54) is 19.3 Å². The predicted molar refractivity (Wildman–Crippen MR) is 118 cm³/mol. The van der Waals surface area contributed by atoms with E-state index in [1.54, 1.807) is 12.1 Å². The second-order valence-corrected chi connectivity index (χ2v) is 8.11. The summed E-state index contributed by atoms with van der Waals surface area (Å²) < 4.78 is 18.9. The number of unbranched alkanes of at least 4 members (excludes halogenated alkanes) is 1. The number of piperidine rings is 1. The third kappa shape index (κ3) is 7.87. The van der Waals surface area contributed by atoms with Gasteiger partial charge in [0.05, 0.1) is 7.11 Å². The molecule has 7 heteroatoms. The highest BCUT2D eigenvalue weighted by atomic mass is 32.2. The molecule has 158 valence electrons. The Labute approximate surface area is 173 Å². The molecule has 2 N–H and O–H groups in total. The Hall–Kier alpha value is -1.47. The number of thioether (sulfide) groups is 1. The van der Waals surface area contributed by atoms with Crippen LogP contribution in [0.5, 0.6) is 5.75 Å². The maximum atomic E-state index is 13.9. The molecule has 5 nitrogen and oxygen atoms in total. The summed E-state index contributed by atoms with van der Waals surface area (Å²) in [5.74, 6) is 2.15.